The Hall–Kier alpha value is -1.17. The van der Waals surface area contributed by atoms with Crippen molar-refractivity contribution in [1.29, 1.82) is 0 Å². The van der Waals surface area contributed by atoms with E-state index in [0.717, 1.165) is 0 Å². The topological polar surface area (TPSA) is 18.5 Å². The summed E-state index contributed by atoms with van der Waals surface area (Å²) in [5.41, 5.74) is 0. The van der Waals surface area contributed by atoms with E-state index in [1.807, 2.05) is 0 Å². The van der Waals surface area contributed by atoms with Crippen LogP contribution >= 0.6 is 0 Å². The van der Waals surface area contributed by atoms with Gasteiger partial charge >= 0.3 is 181 Å². The zero-order valence-corrected chi connectivity index (χ0v) is 23.0. The summed E-state index contributed by atoms with van der Waals surface area (Å²) in [7, 11) is -4.05. The maximum atomic E-state index is 7.50. The third-order valence-corrected chi connectivity index (χ3v) is 32.3. The van der Waals surface area contributed by atoms with Crippen LogP contribution in [-0.2, 0) is 5.41 Å². The summed E-state index contributed by atoms with van der Waals surface area (Å²) in [6.07, 6.45) is 0. The standard InChI is InChI=1S/3C6H5.2C3H9OSi.Sb/c3*1-2-4-6-5-3-1;2*1-5(2,3)4;/h3*1-5H;2*1-3H3;/q;;;2*-1;+2. The molecule has 0 spiro atoms. The Bertz CT molecular complexity index is 814. The Morgan fingerprint density at radius 1 is 0.448 bits per heavy atom. The summed E-state index contributed by atoms with van der Waals surface area (Å²) in [6, 6.07) is 32.3. The Labute approximate surface area is 180 Å². The van der Waals surface area contributed by atoms with Gasteiger partial charge in [-0.15, -0.1) is 0 Å². The molecule has 0 amide bonds. The number of hydrogen-bond acceptors (Lipinski definition) is 2. The zero-order valence-electron chi connectivity index (χ0n) is 18.4. The molecule has 0 aliphatic carbocycles. The van der Waals surface area contributed by atoms with E-state index >= 15 is 0 Å². The van der Waals surface area contributed by atoms with E-state index < -0.39 is 34.9 Å². The van der Waals surface area contributed by atoms with Crippen LogP contribution in [0.1, 0.15) is 0 Å². The first kappa shape index (κ1) is 22.5. The van der Waals surface area contributed by atoms with Gasteiger partial charge in [-0.25, -0.2) is 0 Å². The summed E-state index contributed by atoms with van der Waals surface area (Å²) in [5.74, 6) is 0. The Morgan fingerprint density at radius 2 is 0.690 bits per heavy atom. The van der Waals surface area contributed by atoms with Gasteiger partial charge in [0.05, 0.1) is 0 Å². The third-order valence-electron chi connectivity index (χ3n) is 4.57. The average molecular weight is 531 g/mol. The summed E-state index contributed by atoms with van der Waals surface area (Å²) in [5, 5.41) is 0. The fourth-order valence-electron chi connectivity index (χ4n) is 3.92. The van der Waals surface area contributed by atoms with Crippen molar-refractivity contribution in [2.45, 2.75) is 39.3 Å². The van der Waals surface area contributed by atoms with Gasteiger partial charge < -0.3 is 0 Å². The molecule has 0 aliphatic heterocycles. The van der Waals surface area contributed by atoms with E-state index in [9.17, 15) is 0 Å². The summed E-state index contributed by atoms with van der Waals surface area (Å²) in [6.45, 7) is 13.7. The van der Waals surface area contributed by atoms with Gasteiger partial charge in [-0.3, -0.25) is 0 Å². The minimum absolute atomic E-state index is 1.21. The molecule has 5 heteroatoms. The molecular formula is C24H33O2SbSi2. The molecule has 0 saturated heterocycles. The predicted octanol–water partition coefficient (Wildman–Crippen LogP) is 4.81. The van der Waals surface area contributed by atoms with E-state index in [1.54, 1.807) is 0 Å². The molecule has 3 aromatic rings. The normalized spacial score (nSPS) is 14.2. The Kier molecular flexibility index (Phi) is 6.34. The molecule has 154 valence electrons. The van der Waals surface area contributed by atoms with E-state index in [-0.39, 0.29) is 0 Å². The fraction of sp³-hybridized carbons (Fsp3) is 0.250. The first-order chi connectivity index (χ1) is 13.6. The molecule has 0 fully saturated rings. The molecule has 0 aromatic heterocycles. The van der Waals surface area contributed by atoms with Crippen molar-refractivity contribution < 1.29 is 5.41 Å². The second kappa shape index (κ2) is 8.16. The van der Waals surface area contributed by atoms with Gasteiger partial charge in [-0.1, -0.05) is 0 Å². The first-order valence-electron chi connectivity index (χ1n) is 10.2. The van der Waals surface area contributed by atoms with Gasteiger partial charge in [0.15, 0.2) is 0 Å². The van der Waals surface area contributed by atoms with E-state index in [1.165, 1.54) is 10.5 Å². The van der Waals surface area contributed by atoms with Crippen LogP contribution < -0.4 is 10.5 Å². The van der Waals surface area contributed by atoms with Gasteiger partial charge in [0.25, 0.3) is 0 Å². The molecule has 0 aliphatic rings. The zero-order chi connectivity index (χ0) is 21.2. The number of hydrogen-bond donors (Lipinski definition) is 0. The average Bonchev–Trinajstić information content (AvgIpc) is 2.67. The van der Waals surface area contributed by atoms with E-state index in [4.69, 9.17) is 5.41 Å². The van der Waals surface area contributed by atoms with Crippen LogP contribution in [0.2, 0.25) is 39.3 Å². The van der Waals surface area contributed by atoms with Crippen molar-refractivity contribution in [3.63, 3.8) is 0 Å². The summed E-state index contributed by atoms with van der Waals surface area (Å²) >= 11 is -4.78. The molecule has 0 radical (unpaired) electrons. The van der Waals surface area contributed by atoms with Crippen LogP contribution in [0, 0.1) is 0 Å². The van der Waals surface area contributed by atoms with Gasteiger partial charge in [0, 0.05) is 0 Å². The van der Waals surface area contributed by atoms with E-state index in [0.29, 0.717) is 0 Å². The van der Waals surface area contributed by atoms with Gasteiger partial charge in [-0.2, -0.15) is 0 Å². The summed E-state index contributed by atoms with van der Waals surface area (Å²) < 4.78 is 18.6. The van der Waals surface area contributed by atoms with Crippen LogP contribution in [0.15, 0.2) is 91.0 Å². The van der Waals surface area contributed by atoms with Gasteiger partial charge in [0.1, 0.15) is 0 Å². The van der Waals surface area contributed by atoms with Crippen molar-refractivity contribution in [3.05, 3.63) is 91.0 Å². The predicted molar refractivity (Wildman–Crippen MR) is 133 cm³/mol. The molecule has 0 bridgehead atoms. The van der Waals surface area contributed by atoms with Crippen molar-refractivity contribution in [2.24, 2.45) is 0 Å². The quantitative estimate of drug-likeness (QED) is 0.408. The maximum absolute atomic E-state index is 7.50. The molecule has 0 unspecified atom stereocenters. The molecule has 3 aromatic carbocycles. The van der Waals surface area contributed by atoms with Crippen LogP contribution in [-0.4, -0.2) is 34.9 Å². The minimum atomic E-state index is -4.78. The molecular weight excluding hydrogens is 498 g/mol. The van der Waals surface area contributed by atoms with Gasteiger partial charge in [-0.05, 0) is 0 Å². The number of benzene rings is 3. The first-order valence-corrected chi connectivity index (χ1v) is 22.9. The third kappa shape index (κ3) is 4.47. The summed E-state index contributed by atoms with van der Waals surface area (Å²) in [4.78, 5) is 0. The molecule has 0 heterocycles. The Morgan fingerprint density at radius 3 is 0.897 bits per heavy atom. The van der Waals surface area contributed by atoms with Crippen LogP contribution in [0.3, 0.4) is 0 Å². The van der Waals surface area contributed by atoms with Crippen molar-refractivity contribution in [3.8, 4) is 0 Å². The van der Waals surface area contributed by atoms with Crippen LogP contribution in [0.4, 0.5) is 0 Å². The molecule has 0 N–H and O–H groups in total. The second-order valence-electron chi connectivity index (χ2n) is 9.37. The van der Waals surface area contributed by atoms with Crippen LogP contribution in [0.5, 0.6) is 0 Å². The second-order valence-corrected chi connectivity index (χ2v) is 31.2. The SMILES string of the molecule is C[Si](C)(C)[O][Sb]([O][Si](C)(C)C)([c]1ccccc1)([c]1ccccc1)[c]1ccccc1. The molecule has 0 saturated carbocycles. The molecule has 0 atom stereocenters. The fourth-order valence-corrected chi connectivity index (χ4v) is 39.7. The monoisotopic (exact) mass is 530 g/mol. The van der Waals surface area contributed by atoms with Crippen molar-refractivity contribution in [1.82, 2.24) is 0 Å². The van der Waals surface area contributed by atoms with Gasteiger partial charge in [0.2, 0.25) is 0 Å². The molecule has 3 rings (SSSR count). The molecule has 2 nitrogen and oxygen atoms in total. The molecule has 29 heavy (non-hydrogen) atoms. The Balaban J connectivity index is 2.58. The number of rotatable bonds is 7. The van der Waals surface area contributed by atoms with Crippen molar-refractivity contribution in [2.75, 3.05) is 0 Å². The van der Waals surface area contributed by atoms with Crippen LogP contribution in [0.25, 0.3) is 0 Å². The van der Waals surface area contributed by atoms with E-state index in [2.05, 4.69) is 130 Å². The van der Waals surface area contributed by atoms with Crippen molar-refractivity contribution >= 4 is 45.4 Å².